The average molecular weight is 235 g/mol. The highest BCUT2D eigenvalue weighted by molar-refractivity contribution is 5.82. The van der Waals surface area contributed by atoms with Crippen molar-refractivity contribution in [3.63, 3.8) is 0 Å². The Hall–Kier alpha value is -1.35. The number of furan rings is 1. The summed E-state index contributed by atoms with van der Waals surface area (Å²) >= 11 is 0. The van der Waals surface area contributed by atoms with Crippen LogP contribution in [-0.2, 0) is 0 Å². The molecule has 1 atom stereocenters. The summed E-state index contributed by atoms with van der Waals surface area (Å²) < 4.78 is 19.3. The summed E-state index contributed by atoms with van der Waals surface area (Å²) in [7, 11) is 1.90. The quantitative estimate of drug-likeness (QED) is 0.868. The summed E-state index contributed by atoms with van der Waals surface area (Å²) in [6.07, 6.45) is 2.04. The Morgan fingerprint density at radius 2 is 2.18 bits per heavy atom. The van der Waals surface area contributed by atoms with Crippen molar-refractivity contribution < 1.29 is 8.81 Å². The molecule has 92 valence electrons. The normalized spacial score (nSPS) is 13.2. The highest BCUT2D eigenvalue weighted by atomic mass is 19.1. The van der Waals surface area contributed by atoms with Gasteiger partial charge in [0.15, 0.2) is 11.4 Å². The number of hydrogen-bond donors (Lipinski definition) is 1. The van der Waals surface area contributed by atoms with Crippen molar-refractivity contribution >= 4 is 11.0 Å². The topological polar surface area (TPSA) is 25.2 Å². The molecule has 0 aliphatic carbocycles. The first-order valence-electron chi connectivity index (χ1n) is 6.03. The summed E-state index contributed by atoms with van der Waals surface area (Å²) in [5.41, 5.74) is 1.42. The predicted molar refractivity (Wildman–Crippen MR) is 67.6 cm³/mol. The van der Waals surface area contributed by atoms with E-state index >= 15 is 0 Å². The van der Waals surface area contributed by atoms with Gasteiger partial charge >= 0.3 is 0 Å². The van der Waals surface area contributed by atoms with E-state index in [1.807, 2.05) is 20.0 Å². The summed E-state index contributed by atoms with van der Waals surface area (Å²) in [6, 6.07) is 5.35. The maximum Gasteiger partial charge on any atom is 0.170 e. The zero-order chi connectivity index (χ0) is 12.4. The molecule has 1 aromatic heterocycles. The van der Waals surface area contributed by atoms with Gasteiger partial charge in [-0.15, -0.1) is 0 Å². The van der Waals surface area contributed by atoms with Crippen molar-refractivity contribution in [2.75, 3.05) is 7.05 Å². The molecule has 1 aromatic carbocycles. The molecule has 0 spiro atoms. The van der Waals surface area contributed by atoms with Gasteiger partial charge in [-0.25, -0.2) is 4.39 Å². The van der Waals surface area contributed by atoms with Gasteiger partial charge in [0.25, 0.3) is 0 Å². The van der Waals surface area contributed by atoms with Crippen molar-refractivity contribution in [3.8, 4) is 0 Å². The average Bonchev–Trinajstić information content (AvgIpc) is 2.77. The number of fused-ring (bicyclic) bond motifs is 1. The van der Waals surface area contributed by atoms with E-state index in [2.05, 4.69) is 12.2 Å². The van der Waals surface area contributed by atoms with Crippen molar-refractivity contribution in [1.29, 1.82) is 0 Å². The Labute approximate surface area is 101 Å². The van der Waals surface area contributed by atoms with Crippen LogP contribution in [0.1, 0.15) is 37.1 Å². The molecule has 0 saturated heterocycles. The maximum atomic E-state index is 13.6. The zero-order valence-electron chi connectivity index (χ0n) is 10.5. The lowest BCUT2D eigenvalue weighted by atomic mass is 10.1. The summed E-state index contributed by atoms with van der Waals surface area (Å²) in [4.78, 5) is 0. The smallest absolute Gasteiger partial charge is 0.170 e. The van der Waals surface area contributed by atoms with Crippen LogP contribution in [0, 0.1) is 12.7 Å². The first-order chi connectivity index (χ1) is 8.17. The first kappa shape index (κ1) is 12.1. The first-order valence-corrected chi connectivity index (χ1v) is 6.03. The van der Waals surface area contributed by atoms with Crippen LogP contribution in [0.3, 0.4) is 0 Å². The molecule has 0 saturated carbocycles. The second-order valence-corrected chi connectivity index (χ2v) is 4.39. The molecule has 3 heteroatoms. The van der Waals surface area contributed by atoms with Crippen molar-refractivity contribution in [2.45, 2.75) is 32.7 Å². The Morgan fingerprint density at radius 1 is 1.41 bits per heavy atom. The van der Waals surface area contributed by atoms with Gasteiger partial charge in [-0.2, -0.15) is 0 Å². The van der Waals surface area contributed by atoms with E-state index in [0.29, 0.717) is 5.58 Å². The van der Waals surface area contributed by atoms with Crippen LogP contribution in [0.15, 0.2) is 22.6 Å². The van der Waals surface area contributed by atoms with E-state index in [0.717, 1.165) is 29.6 Å². The molecule has 1 heterocycles. The number of hydrogen-bond acceptors (Lipinski definition) is 2. The second kappa shape index (κ2) is 4.88. The molecule has 2 nitrogen and oxygen atoms in total. The molecule has 0 aliphatic heterocycles. The van der Waals surface area contributed by atoms with E-state index in [-0.39, 0.29) is 11.9 Å². The standard InChI is InChI=1S/C14H18FNO/c1-4-5-12(16-3)13-8-10-9(2)6-7-11(15)14(10)17-13/h6-8,12,16H,4-5H2,1-3H3. The number of benzene rings is 1. The fraction of sp³-hybridized carbons (Fsp3) is 0.429. The zero-order valence-corrected chi connectivity index (χ0v) is 10.5. The molecule has 17 heavy (non-hydrogen) atoms. The summed E-state index contributed by atoms with van der Waals surface area (Å²) in [5.74, 6) is 0.528. The van der Waals surface area contributed by atoms with Gasteiger partial charge in [0.05, 0.1) is 6.04 Å². The van der Waals surface area contributed by atoms with Crippen molar-refractivity contribution in [2.24, 2.45) is 0 Å². The summed E-state index contributed by atoms with van der Waals surface area (Å²) in [5, 5.41) is 4.07. The molecular formula is C14H18FNO. The van der Waals surface area contributed by atoms with Crippen LogP contribution in [0.4, 0.5) is 4.39 Å². The van der Waals surface area contributed by atoms with Crippen LogP contribution in [-0.4, -0.2) is 7.05 Å². The minimum atomic E-state index is -0.289. The molecule has 0 radical (unpaired) electrons. The second-order valence-electron chi connectivity index (χ2n) is 4.39. The third-order valence-electron chi connectivity index (χ3n) is 3.14. The third kappa shape index (κ3) is 2.20. The number of halogens is 1. The van der Waals surface area contributed by atoms with Gasteiger partial charge in [-0.3, -0.25) is 0 Å². The number of rotatable bonds is 4. The lowest BCUT2D eigenvalue weighted by molar-refractivity contribution is 0.423. The van der Waals surface area contributed by atoms with Gasteiger partial charge < -0.3 is 9.73 Å². The fourth-order valence-corrected chi connectivity index (χ4v) is 2.13. The van der Waals surface area contributed by atoms with Gasteiger partial charge in [0, 0.05) is 5.39 Å². The molecule has 2 rings (SSSR count). The highest BCUT2D eigenvalue weighted by Crippen LogP contribution is 2.29. The third-order valence-corrected chi connectivity index (χ3v) is 3.14. The highest BCUT2D eigenvalue weighted by Gasteiger charge is 2.16. The van der Waals surface area contributed by atoms with E-state index < -0.39 is 0 Å². The van der Waals surface area contributed by atoms with Gasteiger partial charge in [-0.05, 0) is 38.1 Å². The van der Waals surface area contributed by atoms with Crippen LogP contribution < -0.4 is 5.32 Å². The van der Waals surface area contributed by atoms with Crippen molar-refractivity contribution in [1.82, 2.24) is 5.32 Å². The Balaban J connectivity index is 2.50. The largest absolute Gasteiger partial charge is 0.456 e. The predicted octanol–water partition coefficient (Wildman–Crippen LogP) is 3.94. The molecule has 1 unspecified atom stereocenters. The molecule has 2 aromatic rings. The minimum absolute atomic E-state index is 0.159. The Bertz CT molecular complexity index is 479. The van der Waals surface area contributed by atoms with Gasteiger partial charge in [0.2, 0.25) is 0 Å². The van der Waals surface area contributed by atoms with E-state index in [1.54, 1.807) is 6.07 Å². The molecule has 0 bridgehead atoms. The van der Waals surface area contributed by atoms with Crippen LogP contribution in [0.5, 0.6) is 0 Å². The van der Waals surface area contributed by atoms with E-state index in [9.17, 15) is 4.39 Å². The van der Waals surface area contributed by atoms with E-state index in [4.69, 9.17) is 4.42 Å². The number of nitrogens with one attached hydrogen (secondary N) is 1. The van der Waals surface area contributed by atoms with Crippen molar-refractivity contribution in [3.05, 3.63) is 35.3 Å². The lowest BCUT2D eigenvalue weighted by Crippen LogP contribution is -2.15. The molecule has 0 amide bonds. The van der Waals surface area contributed by atoms with Gasteiger partial charge in [-0.1, -0.05) is 19.4 Å². The van der Waals surface area contributed by atoms with Crippen LogP contribution in [0.25, 0.3) is 11.0 Å². The molecule has 0 fully saturated rings. The SMILES string of the molecule is CCCC(NC)c1cc2c(C)ccc(F)c2o1. The van der Waals surface area contributed by atoms with Gasteiger partial charge in [0.1, 0.15) is 5.76 Å². The maximum absolute atomic E-state index is 13.6. The number of aryl methyl sites for hydroxylation is 1. The van der Waals surface area contributed by atoms with E-state index in [1.165, 1.54) is 6.07 Å². The fourth-order valence-electron chi connectivity index (χ4n) is 2.13. The van der Waals surface area contributed by atoms with Crippen LogP contribution >= 0.6 is 0 Å². The Kier molecular flexibility index (Phi) is 3.48. The molecular weight excluding hydrogens is 217 g/mol. The van der Waals surface area contributed by atoms with Crippen LogP contribution in [0.2, 0.25) is 0 Å². The molecule has 1 N–H and O–H groups in total. The monoisotopic (exact) mass is 235 g/mol. The Morgan fingerprint density at radius 3 is 2.76 bits per heavy atom. The lowest BCUT2D eigenvalue weighted by Gasteiger charge is -2.11. The molecule has 0 aliphatic rings. The minimum Gasteiger partial charge on any atom is -0.456 e. The summed E-state index contributed by atoms with van der Waals surface area (Å²) in [6.45, 7) is 4.09.